The molecule has 2 fully saturated rings. The van der Waals surface area contributed by atoms with E-state index in [1.165, 1.54) is 11.3 Å². The topological polar surface area (TPSA) is 91.4 Å². The van der Waals surface area contributed by atoms with Gasteiger partial charge in [-0.2, -0.15) is 0 Å². The zero-order chi connectivity index (χ0) is 21.3. The second-order valence-corrected chi connectivity index (χ2v) is 9.07. The molecule has 0 atom stereocenters. The van der Waals surface area contributed by atoms with Gasteiger partial charge in [-0.25, -0.2) is 9.78 Å². The zero-order valence-corrected chi connectivity index (χ0v) is 18.1. The van der Waals surface area contributed by atoms with Gasteiger partial charge in [0.25, 0.3) is 5.91 Å². The Kier molecular flexibility index (Phi) is 5.60. The maximum absolute atomic E-state index is 12.9. The Labute approximate surface area is 179 Å². The summed E-state index contributed by atoms with van der Waals surface area (Å²) in [6.45, 7) is 3.87. The number of benzene rings is 1. The first-order valence-electron chi connectivity index (χ1n) is 10.4. The predicted octanol–water partition coefficient (Wildman–Crippen LogP) is 3.95. The van der Waals surface area contributed by atoms with Crippen LogP contribution in [-0.2, 0) is 9.59 Å². The normalized spacial score (nSPS) is 23.7. The van der Waals surface area contributed by atoms with Crippen LogP contribution in [0.15, 0.2) is 29.6 Å². The second-order valence-electron chi connectivity index (χ2n) is 8.21. The molecule has 1 saturated carbocycles. The van der Waals surface area contributed by atoms with Gasteiger partial charge in [0.1, 0.15) is 12.1 Å². The Morgan fingerprint density at radius 3 is 2.63 bits per heavy atom. The van der Waals surface area contributed by atoms with Crippen LogP contribution in [-0.4, -0.2) is 39.8 Å². The summed E-state index contributed by atoms with van der Waals surface area (Å²) in [6.07, 6.45) is 4.21. The maximum atomic E-state index is 12.9. The molecule has 1 saturated heterocycles. The van der Waals surface area contributed by atoms with Crippen molar-refractivity contribution < 1.29 is 14.4 Å². The number of hydrogen-bond acceptors (Lipinski definition) is 5. The maximum Gasteiger partial charge on any atom is 0.325 e. The summed E-state index contributed by atoms with van der Waals surface area (Å²) in [7, 11) is 0. The summed E-state index contributed by atoms with van der Waals surface area (Å²) in [6, 6.07) is 7.50. The van der Waals surface area contributed by atoms with Gasteiger partial charge in [0.05, 0.1) is 5.69 Å². The highest BCUT2D eigenvalue weighted by Gasteiger charge is 2.52. The summed E-state index contributed by atoms with van der Waals surface area (Å²) in [5.41, 5.74) is 2.08. The third-order valence-corrected chi connectivity index (χ3v) is 6.94. The molecule has 0 unspecified atom stereocenters. The molecule has 0 bridgehead atoms. The van der Waals surface area contributed by atoms with Gasteiger partial charge in [0.15, 0.2) is 5.13 Å². The molecule has 2 heterocycles. The molecule has 1 spiro atoms. The van der Waals surface area contributed by atoms with Crippen LogP contribution >= 0.6 is 11.3 Å². The Morgan fingerprint density at radius 1 is 1.27 bits per heavy atom. The van der Waals surface area contributed by atoms with E-state index in [0.717, 1.165) is 41.0 Å². The minimum atomic E-state index is -0.831. The lowest BCUT2D eigenvalue weighted by Gasteiger charge is -2.34. The first-order chi connectivity index (χ1) is 14.4. The number of aryl methyl sites for hydroxylation is 1. The number of aromatic nitrogens is 1. The van der Waals surface area contributed by atoms with E-state index in [9.17, 15) is 14.4 Å². The number of carbonyl (C=O) groups excluding carboxylic acids is 3. The molecule has 1 aromatic heterocycles. The van der Waals surface area contributed by atoms with Crippen LogP contribution < -0.4 is 10.6 Å². The molecule has 7 nitrogen and oxygen atoms in total. The van der Waals surface area contributed by atoms with Gasteiger partial charge in [-0.3, -0.25) is 14.5 Å². The van der Waals surface area contributed by atoms with Crippen LogP contribution in [0.1, 0.15) is 44.6 Å². The summed E-state index contributed by atoms with van der Waals surface area (Å²) in [5, 5.41) is 7.89. The van der Waals surface area contributed by atoms with Crippen LogP contribution in [0, 0.1) is 12.8 Å². The van der Waals surface area contributed by atoms with Crippen molar-refractivity contribution in [1.82, 2.24) is 15.2 Å². The third-order valence-electron chi connectivity index (χ3n) is 6.18. The molecule has 4 rings (SSSR count). The number of imide groups is 1. The molecule has 1 aliphatic heterocycles. The van der Waals surface area contributed by atoms with Gasteiger partial charge in [0.2, 0.25) is 5.91 Å². The van der Waals surface area contributed by atoms with Crippen LogP contribution in [0.5, 0.6) is 0 Å². The number of nitrogens with zero attached hydrogens (tertiary/aromatic N) is 2. The first-order valence-corrected chi connectivity index (χ1v) is 11.2. The van der Waals surface area contributed by atoms with E-state index < -0.39 is 17.5 Å². The van der Waals surface area contributed by atoms with Gasteiger partial charge in [-0.1, -0.05) is 43.2 Å². The van der Waals surface area contributed by atoms with Crippen LogP contribution in [0.4, 0.5) is 9.93 Å². The third kappa shape index (κ3) is 3.96. The van der Waals surface area contributed by atoms with E-state index in [0.29, 0.717) is 23.9 Å². The van der Waals surface area contributed by atoms with Gasteiger partial charge >= 0.3 is 6.03 Å². The number of carbonyl (C=O) groups is 3. The fraction of sp³-hybridized carbons (Fsp3) is 0.455. The molecular weight excluding hydrogens is 400 g/mol. The van der Waals surface area contributed by atoms with E-state index in [2.05, 4.69) is 22.5 Å². The van der Waals surface area contributed by atoms with Crippen molar-refractivity contribution in [2.45, 2.75) is 51.5 Å². The molecule has 1 aliphatic carbocycles. The number of rotatable bonds is 5. The van der Waals surface area contributed by atoms with E-state index in [4.69, 9.17) is 0 Å². The smallest absolute Gasteiger partial charge is 0.323 e. The molecule has 1 aromatic carbocycles. The Morgan fingerprint density at radius 2 is 1.97 bits per heavy atom. The lowest BCUT2D eigenvalue weighted by atomic mass is 9.75. The highest BCUT2D eigenvalue weighted by Crippen LogP contribution is 2.37. The summed E-state index contributed by atoms with van der Waals surface area (Å²) in [5.74, 6) is -0.107. The highest BCUT2D eigenvalue weighted by molar-refractivity contribution is 7.14. The lowest BCUT2D eigenvalue weighted by molar-refractivity contribution is -0.135. The molecular formula is C22H26N4O3S. The minimum absolute atomic E-state index is 0.281. The fourth-order valence-electron chi connectivity index (χ4n) is 4.23. The Hall–Kier alpha value is -2.74. The number of urea groups is 1. The van der Waals surface area contributed by atoms with Crippen molar-refractivity contribution in [3.05, 3.63) is 35.2 Å². The molecule has 2 aliphatic rings. The van der Waals surface area contributed by atoms with Gasteiger partial charge in [-0.05, 0) is 38.5 Å². The molecule has 4 amide bonds. The molecule has 0 radical (unpaired) electrons. The van der Waals surface area contributed by atoms with E-state index >= 15 is 0 Å². The van der Waals surface area contributed by atoms with Crippen molar-refractivity contribution in [2.75, 3.05) is 11.9 Å². The van der Waals surface area contributed by atoms with Crippen molar-refractivity contribution in [2.24, 2.45) is 5.92 Å². The van der Waals surface area contributed by atoms with Gasteiger partial charge < -0.3 is 10.6 Å². The summed E-state index contributed by atoms with van der Waals surface area (Å²) >= 11 is 1.31. The molecule has 158 valence electrons. The Balaban J connectivity index is 1.38. The Bertz CT molecular complexity index is 961. The zero-order valence-electron chi connectivity index (χ0n) is 17.2. The molecule has 8 heteroatoms. The van der Waals surface area contributed by atoms with Crippen molar-refractivity contribution in [1.29, 1.82) is 0 Å². The van der Waals surface area contributed by atoms with Crippen molar-refractivity contribution >= 4 is 34.3 Å². The fourth-order valence-corrected chi connectivity index (χ4v) is 4.96. The van der Waals surface area contributed by atoms with E-state index in [-0.39, 0.29) is 12.5 Å². The standard InChI is InChI=1S/C22H26N4O3S/c1-3-15-8-10-22(11-9-15)19(28)26(21(29)25-22)12-18(27)24-20-23-17(13-30-20)16-6-4-14(2)5-7-16/h4-7,13,15H,3,8-12H2,1-2H3,(H,25,29)(H,23,24,27). The number of nitrogens with one attached hydrogen (secondary N) is 2. The largest absolute Gasteiger partial charge is 0.325 e. The quantitative estimate of drug-likeness (QED) is 0.708. The molecule has 30 heavy (non-hydrogen) atoms. The number of hydrogen-bond donors (Lipinski definition) is 2. The van der Waals surface area contributed by atoms with Crippen molar-refractivity contribution in [3.8, 4) is 11.3 Å². The van der Waals surface area contributed by atoms with E-state index in [1.807, 2.05) is 36.6 Å². The number of anilines is 1. The molecule has 2 N–H and O–H groups in total. The first kappa shape index (κ1) is 20.5. The molecule has 2 aromatic rings. The SMILES string of the molecule is CCC1CCC2(CC1)NC(=O)N(CC(=O)Nc1nc(-c3ccc(C)cc3)cs1)C2=O. The van der Waals surface area contributed by atoms with Crippen LogP contribution in [0.3, 0.4) is 0 Å². The average molecular weight is 427 g/mol. The summed E-state index contributed by atoms with van der Waals surface area (Å²) in [4.78, 5) is 43.3. The van der Waals surface area contributed by atoms with E-state index in [1.54, 1.807) is 0 Å². The number of amides is 4. The van der Waals surface area contributed by atoms with Crippen LogP contribution in [0.25, 0.3) is 11.3 Å². The second kappa shape index (κ2) is 8.18. The van der Waals surface area contributed by atoms with Crippen molar-refractivity contribution in [3.63, 3.8) is 0 Å². The minimum Gasteiger partial charge on any atom is -0.323 e. The van der Waals surface area contributed by atoms with Gasteiger partial charge in [-0.15, -0.1) is 11.3 Å². The van der Waals surface area contributed by atoms with Crippen LogP contribution in [0.2, 0.25) is 0 Å². The predicted molar refractivity (Wildman–Crippen MR) is 116 cm³/mol. The average Bonchev–Trinajstić information content (AvgIpc) is 3.28. The van der Waals surface area contributed by atoms with Gasteiger partial charge in [0, 0.05) is 10.9 Å². The summed E-state index contributed by atoms with van der Waals surface area (Å²) < 4.78 is 0. The lowest BCUT2D eigenvalue weighted by Crippen LogP contribution is -2.49. The monoisotopic (exact) mass is 426 g/mol. The highest BCUT2D eigenvalue weighted by atomic mass is 32.1. The number of thiazole rings is 1.